The molecule has 8 nitrogen and oxygen atoms in total. The molecule has 0 unspecified atom stereocenters. The number of hydrogen-bond donors (Lipinski definition) is 2. The van der Waals surface area contributed by atoms with Crippen molar-refractivity contribution in [1.82, 2.24) is 5.32 Å². The summed E-state index contributed by atoms with van der Waals surface area (Å²) in [5.41, 5.74) is 2.01. The quantitative estimate of drug-likeness (QED) is 0.253. The molecule has 0 aliphatic rings. The van der Waals surface area contributed by atoms with Crippen molar-refractivity contribution >= 4 is 40.9 Å². The first kappa shape index (κ1) is 27.2. The molecular weight excluding hydrogens is 454 g/mol. The number of hydrogen-bond acceptors (Lipinski definition) is 7. The highest BCUT2D eigenvalue weighted by molar-refractivity contribution is 8.00. The Hall–Kier alpha value is -3.04. The van der Waals surface area contributed by atoms with E-state index in [1.54, 1.807) is 31.4 Å². The smallest absolute Gasteiger partial charge is 0.339 e. The van der Waals surface area contributed by atoms with E-state index in [0.717, 1.165) is 12.2 Å². The Morgan fingerprint density at radius 3 is 2.38 bits per heavy atom. The molecule has 9 heteroatoms. The highest BCUT2D eigenvalue weighted by Gasteiger charge is 2.16. The van der Waals surface area contributed by atoms with Crippen LogP contribution in [0.1, 0.15) is 31.1 Å². The number of methoxy groups -OCH3 is 1. The second kappa shape index (κ2) is 14.3. The second-order valence-electron chi connectivity index (χ2n) is 7.68. The molecule has 0 aromatic heterocycles. The van der Waals surface area contributed by atoms with Crippen molar-refractivity contribution < 1.29 is 23.9 Å². The van der Waals surface area contributed by atoms with Crippen molar-refractivity contribution in [3.05, 3.63) is 54.1 Å². The fourth-order valence-electron chi connectivity index (χ4n) is 3.24. The van der Waals surface area contributed by atoms with Gasteiger partial charge >= 0.3 is 5.97 Å². The lowest BCUT2D eigenvalue weighted by molar-refractivity contribution is -0.119. The maximum absolute atomic E-state index is 12.6. The maximum atomic E-state index is 12.6. The van der Waals surface area contributed by atoms with Gasteiger partial charge in [-0.25, -0.2) is 4.79 Å². The minimum atomic E-state index is -0.621. The van der Waals surface area contributed by atoms with Crippen LogP contribution >= 0.6 is 11.8 Å². The summed E-state index contributed by atoms with van der Waals surface area (Å²) in [7, 11) is 1.56. The van der Waals surface area contributed by atoms with Crippen LogP contribution in [-0.2, 0) is 19.1 Å². The average molecular weight is 488 g/mol. The van der Waals surface area contributed by atoms with Crippen LogP contribution in [0.3, 0.4) is 0 Å². The van der Waals surface area contributed by atoms with Crippen LogP contribution in [0.25, 0.3) is 0 Å². The first-order chi connectivity index (χ1) is 16.3. The molecule has 0 saturated heterocycles. The van der Waals surface area contributed by atoms with Gasteiger partial charge in [-0.2, -0.15) is 0 Å². The number of carbonyl (C=O) groups is 3. The van der Waals surface area contributed by atoms with E-state index in [-0.39, 0.29) is 11.7 Å². The van der Waals surface area contributed by atoms with Crippen LogP contribution in [0.15, 0.2) is 53.4 Å². The van der Waals surface area contributed by atoms with Gasteiger partial charge in [-0.05, 0) is 57.2 Å². The average Bonchev–Trinajstić information content (AvgIpc) is 2.83. The lowest BCUT2D eigenvalue weighted by atomic mass is 10.2. The molecule has 184 valence electrons. The molecule has 0 radical (unpaired) electrons. The zero-order valence-corrected chi connectivity index (χ0v) is 20.9. The molecule has 0 spiro atoms. The number of esters is 1. The minimum absolute atomic E-state index is 0.150. The molecule has 0 fully saturated rings. The number of thioether (sulfide) groups is 1. The van der Waals surface area contributed by atoms with E-state index < -0.39 is 18.5 Å². The van der Waals surface area contributed by atoms with Crippen molar-refractivity contribution in [2.24, 2.45) is 0 Å². The second-order valence-corrected chi connectivity index (χ2v) is 8.70. The summed E-state index contributed by atoms with van der Waals surface area (Å²) in [5, 5.41) is 5.47. The number of ether oxygens (including phenoxy) is 2. The third-order valence-electron chi connectivity index (χ3n) is 4.88. The molecule has 0 saturated carbocycles. The van der Waals surface area contributed by atoms with Crippen LogP contribution in [0.2, 0.25) is 0 Å². The van der Waals surface area contributed by atoms with Crippen LogP contribution in [0.4, 0.5) is 11.4 Å². The summed E-state index contributed by atoms with van der Waals surface area (Å²) in [5.74, 6) is -1.06. The molecule has 0 aliphatic heterocycles. The number of nitrogens with zero attached hydrogens (tertiary/aromatic N) is 1. The van der Waals surface area contributed by atoms with Gasteiger partial charge in [0.05, 0.1) is 17.9 Å². The monoisotopic (exact) mass is 487 g/mol. The van der Waals surface area contributed by atoms with Crippen molar-refractivity contribution in [2.75, 3.05) is 49.4 Å². The molecule has 0 aliphatic carbocycles. The topological polar surface area (TPSA) is 97.0 Å². The summed E-state index contributed by atoms with van der Waals surface area (Å²) in [6.07, 6.45) is 0. The summed E-state index contributed by atoms with van der Waals surface area (Å²) >= 11 is 1.23. The molecule has 2 aromatic carbocycles. The molecule has 2 aromatic rings. The molecule has 2 amide bonds. The molecule has 2 N–H and O–H groups in total. The number of anilines is 2. The van der Waals surface area contributed by atoms with E-state index >= 15 is 0 Å². The Balaban J connectivity index is 1.87. The Morgan fingerprint density at radius 1 is 1.03 bits per heavy atom. The number of rotatable bonds is 13. The third kappa shape index (κ3) is 8.72. The van der Waals surface area contributed by atoms with Gasteiger partial charge in [0.2, 0.25) is 5.91 Å². The van der Waals surface area contributed by atoms with Gasteiger partial charge < -0.3 is 25.0 Å². The van der Waals surface area contributed by atoms with Gasteiger partial charge in [0.15, 0.2) is 6.61 Å². The Kier molecular flexibility index (Phi) is 11.4. The van der Waals surface area contributed by atoms with Crippen LogP contribution < -0.4 is 15.5 Å². The van der Waals surface area contributed by atoms with Crippen molar-refractivity contribution in [1.29, 1.82) is 0 Å². The Bertz CT molecular complexity index is 950. The third-order valence-corrected chi connectivity index (χ3v) is 5.95. The summed E-state index contributed by atoms with van der Waals surface area (Å²) < 4.78 is 10.1. The van der Waals surface area contributed by atoms with Crippen LogP contribution in [0, 0.1) is 0 Å². The largest absolute Gasteiger partial charge is 0.452 e. The first-order valence-electron chi connectivity index (χ1n) is 11.2. The van der Waals surface area contributed by atoms with Crippen molar-refractivity contribution in [2.45, 2.75) is 31.7 Å². The lowest BCUT2D eigenvalue weighted by Gasteiger charge is -2.27. The van der Waals surface area contributed by atoms with Crippen LogP contribution in [0.5, 0.6) is 0 Å². The van der Waals surface area contributed by atoms with Gasteiger partial charge in [0.1, 0.15) is 0 Å². The van der Waals surface area contributed by atoms with E-state index in [0.29, 0.717) is 35.3 Å². The standard InChI is InChI=1S/C25H33N3O5S/c1-5-28(18(2)3)20-12-10-19(11-13-20)27-23(29)16-33-25(31)21-8-6-7-9-22(21)34-17-24(30)26-14-15-32-4/h6-13,18H,5,14-17H2,1-4H3,(H,26,30)(H,27,29). The van der Waals surface area contributed by atoms with E-state index in [9.17, 15) is 14.4 Å². The molecular formula is C25H33N3O5S. The van der Waals surface area contributed by atoms with Gasteiger partial charge in [-0.3, -0.25) is 9.59 Å². The Labute approximate surface area is 205 Å². The van der Waals surface area contributed by atoms with E-state index in [1.165, 1.54) is 11.8 Å². The number of benzene rings is 2. The molecule has 0 heterocycles. The van der Waals surface area contributed by atoms with Crippen molar-refractivity contribution in [3.8, 4) is 0 Å². The normalized spacial score (nSPS) is 10.6. The number of amides is 2. The predicted molar refractivity (Wildman–Crippen MR) is 136 cm³/mol. The summed E-state index contributed by atoms with van der Waals surface area (Å²) in [4.78, 5) is 39.6. The molecule has 34 heavy (non-hydrogen) atoms. The first-order valence-corrected chi connectivity index (χ1v) is 12.1. The predicted octanol–water partition coefficient (Wildman–Crippen LogP) is 3.57. The molecule has 0 atom stereocenters. The van der Waals surface area contributed by atoms with Gasteiger partial charge in [-0.1, -0.05) is 12.1 Å². The number of nitrogens with one attached hydrogen (secondary N) is 2. The zero-order valence-electron chi connectivity index (χ0n) is 20.1. The lowest BCUT2D eigenvalue weighted by Crippen LogP contribution is -2.30. The van der Waals surface area contributed by atoms with Crippen molar-refractivity contribution in [3.63, 3.8) is 0 Å². The Morgan fingerprint density at radius 2 is 1.74 bits per heavy atom. The minimum Gasteiger partial charge on any atom is -0.452 e. The van der Waals surface area contributed by atoms with Crippen LogP contribution in [-0.4, -0.2) is 63.0 Å². The SMILES string of the molecule is CCN(c1ccc(NC(=O)COC(=O)c2ccccc2SCC(=O)NCCOC)cc1)C(C)C. The maximum Gasteiger partial charge on any atom is 0.339 e. The molecule has 2 rings (SSSR count). The summed E-state index contributed by atoms with van der Waals surface area (Å²) in [6.45, 7) is 7.68. The van der Waals surface area contributed by atoms with Gasteiger partial charge in [-0.15, -0.1) is 11.8 Å². The fourth-order valence-corrected chi connectivity index (χ4v) is 4.11. The fraction of sp³-hybridized carbons (Fsp3) is 0.400. The van der Waals surface area contributed by atoms with E-state index in [1.807, 2.05) is 24.3 Å². The highest BCUT2D eigenvalue weighted by atomic mass is 32.2. The van der Waals surface area contributed by atoms with Gasteiger partial charge in [0, 0.05) is 42.5 Å². The highest BCUT2D eigenvalue weighted by Crippen LogP contribution is 2.23. The zero-order chi connectivity index (χ0) is 24.9. The summed E-state index contributed by atoms with van der Waals surface area (Å²) in [6, 6.07) is 14.7. The van der Waals surface area contributed by atoms with E-state index in [4.69, 9.17) is 9.47 Å². The van der Waals surface area contributed by atoms with E-state index in [2.05, 4.69) is 36.3 Å². The number of carbonyl (C=O) groups excluding carboxylic acids is 3. The van der Waals surface area contributed by atoms with Gasteiger partial charge in [0.25, 0.3) is 5.91 Å². The molecule has 0 bridgehead atoms.